The molecule has 2 amide bonds. The van der Waals surface area contributed by atoms with Gasteiger partial charge in [0.25, 0.3) is 0 Å². The van der Waals surface area contributed by atoms with E-state index in [1.807, 2.05) is 20.8 Å². The summed E-state index contributed by atoms with van der Waals surface area (Å²) in [5, 5.41) is 0. The van der Waals surface area contributed by atoms with Crippen LogP contribution in [0.4, 0.5) is 4.79 Å². The minimum absolute atomic E-state index is 0.0962. The Labute approximate surface area is 103 Å². The highest BCUT2D eigenvalue weighted by atomic mass is 16.6. The van der Waals surface area contributed by atoms with Crippen molar-refractivity contribution in [1.29, 1.82) is 0 Å². The first-order valence-electron chi connectivity index (χ1n) is 6.43. The van der Waals surface area contributed by atoms with Gasteiger partial charge in [-0.15, -0.1) is 0 Å². The van der Waals surface area contributed by atoms with Gasteiger partial charge < -0.3 is 4.74 Å². The Hall–Kier alpha value is -1.06. The van der Waals surface area contributed by atoms with Crippen LogP contribution in [0.1, 0.15) is 59.3 Å². The van der Waals surface area contributed by atoms with Gasteiger partial charge in [0, 0.05) is 13.0 Å². The molecule has 0 aromatic carbocycles. The molecule has 0 unspecified atom stereocenters. The number of ether oxygens (including phenoxy) is 1. The predicted molar refractivity (Wildman–Crippen MR) is 65.6 cm³/mol. The molecule has 0 radical (unpaired) electrons. The average Bonchev–Trinajstić information content (AvgIpc) is 2.27. The van der Waals surface area contributed by atoms with Crippen LogP contribution in [0.15, 0.2) is 0 Å². The van der Waals surface area contributed by atoms with E-state index in [1.165, 1.54) is 4.90 Å². The maximum atomic E-state index is 11.9. The molecule has 4 heteroatoms. The highest BCUT2D eigenvalue weighted by Gasteiger charge is 2.26. The van der Waals surface area contributed by atoms with Crippen LogP contribution in [0.25, 0.3) is 0 Å². The zero-order chi connectivity index (χ0) is 12.9. The van der Waals surface area contributed by atoms with Crippen molar-refractivity contribution in [3.8, 4) is 0 Å². The fourth-order valence-corrected chi connectivity index (χ4v) is 1.85. The number of rotatable bonds is 0. The summed E-state index contributed by atoms with van der Waals surface area (Å²) >= 11 is 0. The van der Waals surface area contributed by atoms with Crippen LogP contribution in [0.2, 0.25) is 0 Å². The lowest BCUT2D eigenvalue weighted by atomic mass is 10.1. The maximum absolute atomic E-state index is 11.9. The van der Waals surface area contributed by atoms with E-state index in [0.29, 0.717) is 13.0 Å². The normalized spacial score (nSPS) is 19.2. The highest BCUT2D eigenvalue weighted by Crippen LogP contribution is 2.15. The lowest BCUT2D eigenvalue weighted by molar-refractivity contribution is -0.130. The smallest absolute Gasteiger partial charge is 0.417 e. The van der Waals surface area contributed by atoms with Crippen LogP contribution in [0.3, 0.4) is 0 Å². The van der Waals surface area contributed by atoms with E-state index in [-0.39, 0.29) is 5.91 Å². The van der Waals surface area contributed by atoms with Gasteiger partial charge in [0.05, 0.1) is 0 Å². The fourth-order valence-electron chi connectivity index (χ4n) is 1.85. The highest BCUT2D eigenvalue weighted by molar-refractivity contribution is 5.92. The monoisotopic (exact) mass is 241 g/mol. The second-order valence-electron chi connectivity index (χ2n) is 5.54. The Bertz CT molecular complexity index is 281. The minimum atomic E-state index is -0.546. The largest absolute Gasteiger partial charge is 0.443 e. The molecule has 0 N–H and O–H groups in total. The van der Waals surface area contributed by atoms with Crippen molar-refractivity contribution in [2.24, 2.45) is 0 Å². The van der Waals surface area contributed by atoms with Gasteiger partial charge in [0.15, 0.2) is 0 Å². The lowest BCUT2D eigenvalue weighted by Gasteiger charge is -2.25. The Kier molecular flexibility index (Phi) is 4.97. The van der Waals surface area contributed by atoms with Crippen LogP contribution < -0.4 is 0 Å². The number of carbonyl (C=O) groups is 2. The topological polar surface area (TPSA) is 46.6 Å². The number of carbonyl (C=O) groups excluding carboxylic acids is 2. The summed E-state index contributed by atoms with van der Waals surface area (Å²) in [6.45, 7) is 5.93. The van der Waals surface area contributed by atoms with Crippen LogP contribution in [0, 0.1) is 0 Å². The molecular formula is C13H23NO3. The number of amides is 2. The van der Waals surface area contributed by atoms with Gasteiger partial charge in [-0.3, -0.25) is 4.79 Å². The summed E-state index contributed by atoms with van der Waals surface area (Å²) in [6.07, 6.45) is 5.02. The van der Waals surface area contributed by atoms with Crippen molar-refractivity contribution in [3.63, 3.8) is 0 Å². The second kappa shape index (κ2) is 6.03. The van der Waals surface area contributed by atoms with Crippen LogP contribution >= 0.6 is 0 Å². The van der Waals surface area contributed by atoms with Crippen molar-refractivity contribution in [2.75, 3.05) is 6.54 Å². The molecule has 17 heavy (non-hydrogen) atoms. The first-order chi connectivity index (χ1) is 7.90. The van der Waals surface area contributed by atoms with Gasteiger partial charge in [0.1, 0.15) is 5.60 Å². The molecule has 1 aliphatic rings. The van der Waals surface area contributed by atoms with Crippen LogP contribution in [-0.2, 0) is 9.53 Å². The molecule has 0 aromatic rings. The summed E-state index contributed by atoms with van der Waals surface area (Å²) in [7, 11) is 0. The molecule has 0 atom stereocenters. The molecule has 1 heterocycles. The van der Waals surface area contributed by atoms with Gasteiger partial charge in [-0.05, 0) is 33.6 Å². The van der Waals surface area contributed by atoms with Crippen molar-refractivity contribution in [2.45, 2.75) is 64.9 Å². The van der Waals surface area contributed by atoms with Crippen LogP contribution in [0.5, 0.6) is 0 Å². The molecule has 1 fully saturated rings. The van der Waals surface area contributed by atoms with Gasteiger partial charge in [-0.1, -0.05) is 19.3 Å². The quantitative estimate of drug-likeness (QED) is 0.654. The first-order valence-corrected chi connectivity index (χ1v) is 6.43. The number of nitrogens with zero attached hydrogens (tertiary/aromatic N) is 1. The molecule has 0 bridgehead atoms. The standard InChI is InChI=1S/C13H23NO3/c1-13(2,3)17-12(16)14-10-8-6-4-5-7-9-11(14)15/h4-10H2,1-3H3. The summed E-state index contributed by atoms with van der Waals surface area (Å²) in [4.78, 5) is 25.0. The van der Waals surface area contributed by atoms with Crippen molar-refractivity contribution in [1.82, 2.24) is 4.90 Å². The zero-order valence-electron chi connectivity index (χ0n) is 11.1. The van der Waals surface area contributed by atoms with Gasteiger partial charge >= 0.3 is 6.09 Å². The summed E-state index contributed by atoms with van der Waals surface area (Å²) in [5.74, 6) is -0.0962. The predicted octanol–water partition coefficient (Wildman–Crippen LogP) is 3.10. The van der Waals surface area contributed by atoms with Crippen molar-refractivity contribution < 1.29 is 14.3 Å². The fraction of sp³-hybridized carbons (Fsp3) is 0.846. The van der Waals surface area contributed by atoms with Gasteiger partial charge in [-0.25, -0.2) is 9.69 Å². The third-order valence-electron chi connectivity index (χ3n) is 2.69. The molecule has 1 rings (SSSR count). The second-order valence-corrected chi connectivity index (χ2v) is 5.54. The molecule has 0 aliphatic carbocycles. The Morgan fingerprint density at radius 1 is 1.12 bits per heavy atom. The Morgan fingerprint density at radius 3 is 2.35 bits per heavy atom. The SMILES string of the molecule is CC(C)(C)OC(=O)N1CCCCCCCC1=O. The Balaban J connectivity index is 2.63. The van der Waals surface area contributed by atoms with Crippen LogP contribution in [-0.4, -0.2) is 29.0 Å². The van der Waals surface area contributed by atoms with Gasteiger partial charge in [0.2, 0.25) is 5.91 Å². The number of hydrogen-bond donors (Lipinski definition) is 0. The van der Waals surface area contributed by atoms with E-state index in [4.69, 9.17) is 4.74 Å². The molecule has 0 saturated carbocycles. The molecule has 4 nitrogen and oxygen atoms in total. The molecular weight excluding hydrogens is 218 g/mol. The third kappa shape index (κ3) is 5.20. The van der Waals surface area contributed by atoms with E-state index >= 15 is 0 Å². The third-order valence-corrected chi connectivity index (χ3v) is 2.69. The zero-order valence-corrected chi connectivity index (χ0v) is 11.1. The minimum Gasteiger partial charge on any atom is -0.443 e. The van der Waals surface area contributed by atoms with E-state index in [2.05, 4.69) is 0 Å². The molecule has 98 valence electrons. The number of hydrogen-bond acceptors (Lipinski definition) is 3. The molecule has 0 aromatic heterocycles. The van der Waals surface area contributed by atoms with Gasteiger partial charge in [-0.2, -0.15) is 0 Å². The van der Waals surface area contributed by atoms with E-state index in [0.717, 1.165) is 32.1 Å². The maximum Gasteiger partial charge on any atom is 0.417 e. The first kappa shape index (κ1) is 14.0. The van der Waals surface area contributed by atoms with Crippen molar-refractivity contribution in [3.05, 3.63) is 0 Å². The summed E-state index contributed by atoms with van der Waals surface area (Å²) < 4.78 is 5.25. The van der Waals surface area contributed by atoms with E-state index in [1.54, 1.807) is 0 Å². The molecule has 1 aliphatic heterocycles. The van der Waals surface area contributed by atoms with E-state index in [9.17, 15) is 9.59 Å². The average molecular weight is 241 g/mol. The van der Waals surface area contributed by atoms with Crippen molar-refractivity contribution >= 4 is 12.0 Å². The molecule has 1 saturated heterocycles. The summed E-state index contributed by atoms with van der Waals surface area (Å²) in [5.41, 5.74) is -0.546. The molecule has 0 spiro atoms. The number of imide groups is 1. The van der Waals surface area contributed by atoms with E-state index < -0.39 is 11.7 Å². The lowest BCUT2D eigenvalue weighted by Crippen LogP contribution is -2.41. The Morgan fingerprint density at radius 2 is 1.71 bits per heavy atom. The summed E-state index contributed by atoms with van der Waals surface area (Å²) in [6, 6.07) is 0.